The van der Waals surface area contributed by atoms with E-state index in [9.17, 15) is 4.79 Å². The van der Waals surface area contributed by atoms with Crippen LogP contribution in [0.15, 0.2) is 30.3 Å². The van der Waals surface area contributed by atoms with Crippen LogP contribution in [0.25, 0.3) is 5.57 Å². The molecule has 0 radical (unpaired) electrons. The first-order valence-corrected chi connectivity index (χ1v) is 12.9. The first kappa shape index (κ1) is 25.5. The minimum atomic E-state index is -0.506. The van der Waals surface area contributed by atoms with Crippen molar-refractivity contribution < 1.29 is 14.3 Å². The molecule has 0 heterocycles. The van der Waals surface area contributed by atoms with Crippen molar-refractivity contribution in [3.63, 3.8) is 0 Å². The summed E-state index contributed by atoms with van der Waals surface area (Å²) < 4.78 is 11.3. The van der Waals surface area contributed by atoms with Crippen LogP contribution in [0.1, 0.15) is 116 Å². The topological polar surface area (TPSA) is 35.5 Å². The molecule has 1 atom stereocenters. The van der Waals surface area contributed by atoms with Crippen molar-refractivity contribution >= 4 is 11.5 Å². The lowest BCUT2D eigenvalue weighted by molar-refractivity contribution is -0.151. The summed E-state index contributed by atoms with van der Waals surface area (Å²) in [6.45, 7) is 4.50. The van der Waals surface area contributed by atoms with Gasteiger partial charge in [0.05, 0.1) is 6.61 Å². The third-order valence-corrected chi connectivity index (χ3v) is 6.16. The lowest BCUT2D eigenvalue weighted by atomic mass is 9.94. The Balaban J connectivity index is 1.73. The first-order chi connectivity index (χ1) is 15.2. The molecule has 0 aromatic heterocycles. The lowest BCUT2D eigenvalue weighted by Crippen LogP contribution is -2.29. The number of hydrogen-bond donors (Lipinski definition) is 0. The fraction of sp³-hybridized carbons (Fsp3) is 0.679. The number of esters is 1. The van der Waals surface area contributed by atoms with Gasteiger partial charge in [0, 0.05) is 0 Å². The minimum Gasteiger partial charge on any atom is -0.479 e. The van der Waals surface area contributed by atoms with Crippen LogP contribution in [0.3, 0.4) is 0 Å². The number of allylic oxidation sites excluding steroid dienone is 2. The van der Waals surface area contributed by atoms with Crippen LogP contribution >= 0.6 is 0 Å². The summed E-state index contributed by atoms with van der Waals surface area (Å²) in [5, 5.41) is 0. The van der Waals surface area contributed by atoms with Crippen molar-refractivity contribution in [1.29, 1.82) is 0 Å². The van der Waals surface area contributed by atoms with E-state index in [0.29, 0.717) is 6.61 Å². The molecule has 0 fully saturated rings. The summed E-state index contributed by atoms with van der Waals surface area (Å²) in [4.78, 5) is 12.4. The highest BCUT2D eigenvalue weighted by Crippen LogP contribution is 2.28. The predicted octanol–water partition coefficient (Wildman–Crippen LogP) is 8.27. The monoisotopic (exact) mass is 428 g/mol. The van der Waals surface area contributed by atoms with Crippen LogP contribution in [0.5, 0.6) is 5.75 Å². The molecule has 0 amide bonds. The number of carbonyl (C=O) groups excluding carboxylic acids is 1. The van der Waals surface area contributed by atoms with E-state index in [4.69, 9.17) is 9.47 Å². The number of rotatable bonds is 16. The van der Waals surface area contributed by atoms with Crippen LogP contribution in [-0.2, 0) is 9.53 Å². The standard InChI is InChI=1S/C28H44O3/c1-3-5-6-7-8-9-10-11-12-16-19-27(28(29)30-4-2)31-26-22-20-25(21-23-26)24-17-14-13-15-18-24/h17,20-23,27H,3-16,18-19H2,1-2H3. The highest BCUT2D eigenvalue weighted by atomic mass is 16.6. The van der Waals surface area contributed by atoms with E-state index in [2.05, 4.69) is 25.1 Å². The molecular weight excluding hydrogens is 384 g/mol. The van der Waals surface area contributed by atoms with E-state index in [1.165, 1.54) is 81.8 Å². The molecule has 3 heteroatoms. The second kappa shape index (κ2) is 15.9. The van der Waals surface area contributed by atoms with Crippen molar-refractivity contribution in [2.24, 2.45) is 0 Å². The van der Waals surface area contributed by atoms with Gasteiger partial charge in [-0.15, -0.1) is 0 Å². The molecule has 0 aliphatic heterocycles. The second-order valence-corrected chi connectivity index (χ2v) is 8.83. The average molecular weight is 429 g/mol. The number of unbranched alkanes of at least 4 members (excludes halogenated alkanes) is 9. The molecule has 0 N–H and O–H groups in total. The molecule has 0 saturated carbocycles. The molecule has 1 unspecified atom stereocenters. The van der Waals surface area contributed by atoms with Gasteiger partial charge < -0.3 is 9.47 Å². The molecule has 1 aliphatic carbocycles. The Hall–Kier alpha value is -1.77. The van der Waals surface area contributed by atoms with Gasteiger partial charge in [0.2, 0.25) is 0 Å². The third-order valence-electron chi connectivity index (χ3n) is 6.16. The van der Waals surface area contributed by atoms with Crippen molar-refractivity contribution in [2.75, 3.05) is 6.61 Å². The fourth-order valence-corrected chi connectivity index (χ4v) is 4.29. The van der Waals surface area contributed by atoms with Crippen molar-refractivity contribution in [3.8, 4) is 5.75 Å². The van der Waals surface area contributed by atoms with E-state index in [0.717, 1.165) is 31.4 Å². The zero-order chi connectivity index (χ0) is 22.2. The Kier molecular flexibility index (Phi) is 13.1. The van der Waals surface area contributed by atoms with Gasteiger partial charge in [-0.05, 0) is 68.7 Å². The van der Waals surface area contributed by atoms with Crippen LogP contribution in [0.4, 0.5) is 0 Å². The van der Waals surface area contributed by atoms with Crippen molar-refractivity contribution in [1.82, 2.24) is 0 Å². The molecule has 3 nitrogen and oxygen atoms in total. The van der Waals surface area contributed by atoms with Crippen LogP contribution in [0.2, 0.25) is 0 Å². The summed E-state index contributed by atoms with van der Waals surface area (Å²) in [5.41, 5.74) is 2.71. The number of carbonyl (C=O) groups is 1. The Morgan fingerprint density at radius 3 is 2.10 bits per heavy atom. The third kappa shape index (κ3) is 10.4. The molecule has 1 aliphatic rings. The maximum absolute atomic E-state index is 12.4. The molecule has 0 bridgehead atoms. The van der Waals surface area contributed by atoms with Gasteiger partial charge in [0.15, 0.2) is 6.10 Å². The number of benzene rings is 1. The van der Waals surface area contributed by atoms with E-state index in [1.807, 2.05) is 19.1 Å². The van der Waals surface area contributed by atoms with Crippen LogP contribution < -0.4 is 4.74 Å². The zero-order valence-corrected chi connectivity index (χ0v) is 20.0. The van der Waals surface area contributed by atoms with E-state index in [-0.39, 0.29) is 5.97 Å². The minimum absolute atomic E-state index is 0.238. The Morgan fingerprint density at radius 2 is 1.52 bits per heavy atom. The SMILES string of the molecule is CCCCCCCCCCCCC(Oc1ccc(C2=CCCCC2)cc1)C(=O)OCC. The molecule has 0 spiro atoms. The van der Waals surface area contributed by atoms with Gasteiger partial charge in [-0.3, -0.25) is 0 Å². The van der Waals surface area contributed by atoms with Crippen LogP contribution in [0, 0.1) is 0 Å². The van der Waals surface area contributed by atoms with Gasteiger partial charge in [0.25, 0.3) is 0 Å². The second-order valence-electron chi connectivity index (χ2n) is 8.83. The van der Waals surface area contributed by atoms with Gasteiger partial charge in [0.1, 0.15) is 5.75 Å². The Bertz CT molecular complexity index is 632. The van der Waals surface area contributed by atoms with Gasteiger partial charge >= 0.3 is 5.97 Å². The maximum atomic E-state index is 12.4. The van der Waals surface area contributed by atoms with Crippen LogP contribution in [-0.4, -0.2) is 18.7 Å². The average Bonchev–Trinajstić information content (AvgIpc) is 2.80. The van der Waals surface area contributed by atoms with Gasteiger partial charge in [-0.1, -0.05) is 82.9 Å². The molecule has 2 rings (SSSR count). The summed E-state index contributed by atoms with van der Waals surface area (Å²) in [6, 6.07) is 8.23. The largest absolute Gasteiger partial charge is 0.479 e. The normalized spacial score (nSPS) is 14.7. The Labute approximate surface area is 190 Å². The smallest absolute Gasteiger partial charge is 0.347 e. The molecular formula is C28H44O3. The predicted molar refractivity (Wildman–Crippen MR) is 130 cm³/mol. The van der Waals surface area contributed by atoms with Crippen molar-refractivity contribution in [3.05, 3.63) is 35.9 Å². The highest BCUT2D eigenvalue weighted by molar-refractivity contribution is 5.75. The lowest BCUT2D eigenvalue weighted by Gasteiger charge is -2.18. The molecule has 1 aromatic rings. The van der Waals surface area contributed by atoms with E-state index >= 15 is 0 Å². The van der Waals surface area contributed by atoms with Gasteiger partial charge in [-0.2, -0.15) is 0 Å². The number of ether oxygens (including phenoxy) is 2. The van der Waals surface area contributed by atoms with Gasteiger partial charge in [-0.25, -0.2) is 4.79 Å². The summed E-state index contributed by atoms with van der Waals surface area (Å²) in [7, 11) is 0. The quantitative estimate of drug-likeness (QED) is 0.196. The summed E-state index contributed by atoms with van der Waals surface area (Å²) in [5.74, 6) is 0.516. The van der Waals surface area contributed by atoms with E-state index in [1.54, 1.807) is 0 Å². The van der Waals surface area contributed by atoms with Crippen molar-refractivity contribution in [2.45, 2.75) is 116 Å². The maximum Gasteiger partial charge on any atom is 0.347 e. The number of hydrogen-bond acceptors (Lipinski definition) is 3. The first-order valence-electron chi connectivity index (χ1n) is 12.9. The molecule has 174 valence electrons. The van der Waals surface area contributed by atoms with E-state index < -0.39 is 6.10 Å². The Morgan fingerprint density at radius 1 is 0.871 bits per heavy atom. The summed E-state index contributed by atoms with van der Waals surface area (Å²) >= 11 is 0. The molecule has 1 aromatic carbocycles. The molecule has 31 heavy (non-hydrogen) atoms. The molecule has 0 saturated heterocycles. The highest BCUT2D eigenvalue weighted by Gasteiger charge is 2.21. The fourth-order valence-electron chi connectivity index (χ4n) is 4.29. The summed E-state index contributed by atoms with van der Waals surface area (Å²) in [6.07, 6.45) is 20.3. The zero-order valence-electron chi connectivity index (χ0n) is 20.0.